The molecule has 2 aromatic heterocycles. The van der Waals surface area contributed by atoms with Crippen molar-refractivity contribution in [3.63, 3.8) is 0 Å². The molecule has 4 rings (SSSR count). The van der Waals surface area contributed by atoms with Crippen molar-refractivity contribution < 1.29 is 4.79 Å². The van der Waals surface area contributed by atoms with Crippen molar-refractivity contribution in [1.29, 1.82) is 0 Å². The minimum Gasteiger partial charge on any atom is -0.346 e. The third kappa shape index (κ3) is 4.26. The highest BCUT2D eigenvalue weighted by molar-refractivity contribution is 7.14. The number of rotatable bonds is 6. The SMILES string of the molecule is Cc1ccc(C(=O)CN2C=CCC(c3cc(Cc4ccccc4)[nH]n3)=C2)s1. The van der Waals surface area contributed by atoms with Gasteiger partial charge in [-0.15, -0.1) is 11.3 Å². The molecule has 0 atom stereocenters. The molecule has 1 N–H and O–H groups in total. The smallest absolute Gasteiger partial charge is 0.192 e. The van der Waals surface area contributed by atoms with Crippen LogP contribution < -0.4 is 0 Å². The van der Waals surface area contributed by atoms with E-state index in [9.17, 15) is 4.79 Å². The number of aryl methyl sites for hydroxylation is 1. The Morgan fingerprint density at radius 2 is 2.07 bits per heavy atom. The highest BCUT2D eigenvalue weighted by Crippen LogP contribution is 2.24. The first-order chi connectivity index (χ1) is 13.2. The quantitative estimate of drug-likeness (QED) is 0.629. The van der Waals surface area contributed by atoms with Gasteiger partial charge in [0.25, 0.3) is 0 Å². The van der Waals surface area contributed by atoms with Crippen LogP contribution in [0.4, 0.5) is 0 Å². The Bertz CT molecular complexity index is 998. The lowest BCUT2D eigenvalue weighted by Gasteiger charge is -2.19. The number of hydrogen-bond acceptors (Lipinski definition) is 4. The van der Waals surface area contributed by atoms with Crippen LogP contribution in [0.1, 0.15) is 37.9 Å². The number of carbonyl (C=O) groups excluding carboxylic acids is 1. The Morgan fingerprint density at radius 1 is 1.22 bits per heavy atom. The largest absolute Gasteiger partial charge is 0.346 e. The number of benzene rings is 1. The van der Waals surface area contributed by atoms with Crippen molar-refractivity contribution in [1.82, 2.24) is 15.1 Å². The van der Waals surface area contributed by atoms with Gasteiger partial charge >= 0.3 is 0 Å². The van der Waals surface area contributed by atoms with Crippen LogP contribution in [0.15, 0.2) is 67.0 Å². The maximum Gasteiger partial charge on any atom is 0.192 e. The van der Waals surface area contributed by atoms with Crippen LogP contribution in [0.3, 0.4) is 0 Å². The van der Waals surface area contributed by atoms with Gasteiger partial charge in [0.1, 0.15) is 0 Å². The van der Waals surface area contributed by atoms with Crippen LogP contribution in [0.25, 0.3) is 5.57 Å². The molecular weight excluding hydrogens is 354 g/mol. The highest BCUT2D eigenvalue weighted by atomic mass is 32.1. The van der Waals surface area contributed by atoms with Gasteiger partial charge < -0.3 is 4.90 Å². The van der Waals surface area contributed by atoms with Gasteiger partial charge in [-0.1, -0.05) is 36.4 Å². The normalized spacial score (nSPS) is 13.7. The fourth-order valence-electron chi connectivity index (χ4n) is 3.14. The van der Waals surface area contributed by atoms with Crippen molar-refractivity contribution in [3.8, 4) is 0 Å². The number of aromatic amines is 1. The second kappa shape index (κ2) is 7.76. The summed E-state index contributed by atoms with van der Waals surface area (Å²) in [7, 11) is 0. The Balaban J connectivity index is 1.45. The van der Waals surface area contributed by atoms with Crippen molar-refractivity contribution in [2.24, 2.45) is 0 Å². The van der Waals surface area contributed by atoms with Gasteiger partial charge in [-0.2, -0.15) is 5.10 Å². The summed E-state index contributed by atoms with van der Waals surface area (Å²) < 4.78 is 0. The average Bonchev–Trinajstić information content (AvgIpc) is 3.32. The molecule has 0 saturated carbocycles. The fraction of sp³-hybridized carbons (Fsp3) is 0.182. The van der Waals surface area contributed by atoms with E-state index in [1.54, 1.807) is 11.3 Å². The molecule has 3 aromatic rings. The zero-order valence-electron chi connectivity index (χ0n) is 15.2. The Hall–Kier alpha value is -2.92. The molecule has 1 aliphatic heterocycles. The summed E-state index contributed by atoms with van der Waals surface area (Å²) in [4.78, 5) is 16.4. The van der Waals surface area contributed by atoms with Gasteiger partial charge in [0.05, 0.1) is 17.1 Å². The van der Waals surface area contributed by atoms with Gasteiger partial charge in [0.15, 0.2) is 5.78 Å². The van der Waals surface area contributed by atoms with Gasteiger partial charge in [-0.25, -0.2) is 0 Å². The molecule has 0 spiro atoms. The summed E-state index contributed by atoms with van der Waals surface area (Å²) in [6.07, 6.45) is 7.73. The number of hydrogen-bond donors (Lipinski definition) is 1. The van der Waals surface area contributed by atoms with Crippen LogP contribution in [0.2, 0.25) is 0 Å². The topological polar surface area (TPSA) is 49.0 Å². The number of aromatic nitrogens is 2. The summed E-state index contributed by atoms with van der Waals surface area (Å²) in [5.41, 5.74) is 4.39. The van der Waals surface area contributed by atoms with Crippen LogP contribution in [-0.2, 0) is 6.42 Å². The lowest BCUT2D eigenvalue weighted by Crippen LogP contribution is -2.21. The first-order valence-corrected chi connectivity index (χ1v) is 9.80. The number of H-pyrrole nitrogens is 1. The molecule has 0 saturated heterocycles. The Labute approximate surface area is 162 Å². The lowest BCUT2D eigenvalue weighted by atomic mass is 10.1. The summed E-state index contributed by atoms with van der Waals surface area (Å²) in [6, 6.07) is 16.3. The van der Waals surface area contributed by atoms with E-state index in [1.165, 1.54) is 5.56 Å². The zero-order valence-corrected chi connectivity index (χ0v) is 16.0. The first kappa shape index (κ1) is 17.5. The minimum atomic E-state index is 0.141. The van der Waals surface area contributed by atoms with Crippen molar-refractivity contribution in [2.45, 2.75) is 19.8 Å². The summed E-state index contributed by atoms with van der Waals surface area (Å²) in [5.74, 6) is 0.141. The van der Waals surface area contributed by atoms with Gasteiger partial charge in [-0.05, 0) is 42.7 Å². The molecule has 0 unspecified atom stereocenters. The number of thiophene rings is 1. The van der Waals surface area contributed by atoms with Gasteiger partial charge in [0, 0.05) is 29.4 Å². The van der Waals surface area contributed by atoms with Crippen LogP contribution in [0.5, 0.6) is 0 Å². The molecule has 5 heteroatoms. The predicted molar refractivity (Wildman–Crippen MR) is 110 cm³/mol. The van der Waals surface area contributed by atoms with E-state index in [4.69, 9.17) is 0 Å². The van der Waals surface area contributed by atoms with Crippen LogP contribution in [0, 0.1) is 6.92 Å². The molecule has 0 radical (unpaired) electrons. The first-order valence-electron chi connectivity index (χ1n) is 8.99. The van der Waals surface area contributed by atoms with Crippen LogP contribution >= 0.6 is 11.3 Å². The standard InChI is InChI=1S/C22H21N3OS/c1-16-9-10-22(27-16)21(26)15-25-11-5-8-18(14-25)20-13-19(23-24-20)12-17-6-3-2-4-7-17/h2-7,9-11,13-14H,8,12,15H2,1H3,(H,23,24). The highest BCUT2D eigenvalue weighted by Gasteiger charge is 2.15. The molecule has 4 nitrogen and oxygen atoms in total. The molecule has 0 bridgehead atoms. The number of Topliss-reactive ketones (excluding diaryl/α,β-unsaturated/α-hetero) is 1. The van der Waals surface area contributed by atoms with Crippen molar-refractivity contribution in [3.05, 3.63) is 93.7 Å². The maximum absolute atomic E-state index is 12.5. The average molecular weight is 375 g/mol. The third-order valence-electron chi connectivity index (χ3n) is 4.49. The Kier molecular flexibility index (Phi) is 5.03. The number of nitrogens with one attached hydrogen (secondary N) is 1. The number of ketones is 1. The summed E-state index contributed by atoms with van der Waals surface area (Å²) in [5, 5.41) is 7.61. The third-order valence-corrected chi connectivity index (χ3v) is 5.54. The second-order valence-electron chi connectivity index (χ2n) is 6.69. The van der Waals surface area contributed by atoms with E-state index in [-0.39, 0.29) is 5.78 Å². The van der Waals surface area contributed by atoms with Crippen molar-refractivity contribution in [2.75, 3.05) is 6.54 Å². The van der Waals surface area contributed by atoms with E-state index < -0.39 is 0 Å². The zero-order chi connectivity index (χ0) is 18.6. The molecule has 0 aliphatic carbocycles. The van der Waals surface area contributed by atoms with E-state index >= 15 is 0 Å². The molecular formula is C22H21N3OS. The number of nitrogens with zero attached hydrogens (tertiary/aromatic N) is 2. The van der Waals surface area contributed by atoms with Crippen LogP contribution in [-0.4, -0.2) is 27.4 Å². The second-order valence-corrected chi connectivity index (χ2v) is 7.98. The lowest BCUT2D eigenvalue weighted by molar-refractivity contribution is 0.0973. The van der Waals surface area contributed by atoms with E-state index in [2.05, 4.69) is 34.5 Å². The molecule has 136 valence electrons. The number of allylic oxidation sites excluding steroid dienone is 2. The molecule has 27 heavy (non-hydrogen) atoms. The minimum absolute atomic E-state index is 0.141. The monoisotopic (exact) mass is 375 g/mol. The summed E-state index contributed by atoms with van der Waals surface area (Å²) in [6.45, 7) is 2.37. The maximum atomic E-state index is 12.5. The molecule has 3 heterocycles. The molecule has 1 aliphatic rings. The van der Waals surface area contributed by atoms with Gasteiger partial charge in [-0.3, -0.25) is 9.89 Å². The number of carbonyl (C=O) groups is 1. The Morgan fingerprint density at radius 3 is 2.85 bits per heavy atom. The summed E-state index contributed by atoms with van der Waals surface area (Å²) >= 11 is 1.55. The van der Waals surface area contributed by atoms with E-state index in [1.807, 2.05) is 54.6 Å². The predicted octanol–water partition coefficient (Wildman–Crippen LogP) is 4.81. The molecule has 0 fully saturated rings. The fourth-order valence-corrected chi connectivity index (χ4v) is 3.94. The molecule has 0 amide bonds. The van der Waals surface area contributed by atoms with Crippen molar-refractivity contribution >= 4 is 22.7 Å². The van der Waals surface area contributed by atoms with Gasteiger partial charge in [0.2, 0.25) is 0 Å². The van der Waals surface area contributed by atoms with E-state index in [0.717, 1.165) is 39.6 Å². The van der Waals surface area contributed by atoms with E-state index in [0.29, 0.717) is 6.54 Å². The molecule has 1 aromatic carbocycles.